The number of benzene rings is 2. The molecule has 0 heterocycles. The lowest BCUT2D eigenvalue weighted by atomic mass is 10.2. The number of hydrogen-bond donors (Lipinski definition) is 2. The molecule has 0 fully saturated rings. The highest BCUT2D eigenvalue weighted by Gasteiger charge is 2.06. The quantitative estimate of drug-likeness (QED) is 0.429. The van der Waals surface area contributed by atoms with Crippen molar-refractivity contribution in [1.29, 1.82) is 0 Å². The molecule has 2 aromatic rings. The lowest BCUT2D eigenvalue weighted by Crippen LogP contribution is -2.36. The fourth-order valence-corrected chi connectivity index (χ4v) is 2.04. The average Bonchev–Trinajstić information content (AvgIpc) is 2.48. The van der Waals surface area contributed by atoms with Gasteiger partial charge in [-0.05, 0) is 38.5 Å². The second kappa shape index (κ2) is 9.39. The number of halogens is 1. The van der Waals surface area contributed by atoms with Crippen LogP contribution in [0, 0.1) is 6.92 Å². The number of rotatable bonds is 5. The first-order valence-electron chi connectivity index (χ1n) is 7.44. The number of hydrogen-bond acceptors (Lipinski definition) is 2. The molecule has 0 amide bonds. The standard InChI is InChI=1S/C18H23N3O.HI/c1-13(2)21-18(19)20-12-15-9-5-7-11-17(15)22-16-10-6-4-8-14(16)3;/h4-11,13H,12H2,1-3H3,(H3,19,20,21);1H. The van der Waals surface area contributed by atoms with Crippen LogP contribution in [0.15, 0.2) is 53.5 Å². The van der Waals surface area contributed by atoms with E-state index in [0.29, 0.717) is 12.5 Å². The molecule has 0 aliphatic rings. The summed E-state index contributed by atoms with van der Waals surface area (Å²) in [5, 5.41) is 3.08. The van der Waals surface area contributed by atoms with Crippen LogP contribution in [0.3, 0.4) is 0 Å². The largest absolute Gasteiger partial charge is 0.457 e. The molecule has 23 heavy (non-hydrogen) atoms. The fraction of sp³-hybridized carbons (Fsp3) is 0.278. The molecule has 0 atom stereocenters. The van der Waals surface area contributed by atoms with Gasteiger partial charge in [0.1, 0.15) is 11.5 Å². The molecule has 2 aromatic carbocycles. The zero-order valence-electron chi connectivity index (χ0n) is 13.7. The highest BCUT2D eigenvalue weighted by Crippen LogP contribution is 2.27. The topological polar surface area (TPSA) is 59.6 Å². The van der Waals surface area contributed by atoms with E-state index in [1.807, 2.05) is 69.3 Å². The summed E-state index contributed by atoms with van der Waals surface area (Å²) in [5.41, 5.74) is 7.95. The highest BCUT2D eigenvalue weighted by molar-refractivity contribution is 14.0. The Kier molecular flexibility index (Phi) is 7.88. The van der Waals surface area contributed by atoms with Gasteiger partial charge in [-0.2, -0.15) is 0 Å². The van der Waals surface area contributed by atoms with E-state index in [0.717, 1.165) is 22.6 Å². The van der Waals surface area contributed by atoms with Crippen LogP contribution >= 0.6 is 24.0 Å². The van der Waals surface area contributed by atoms with E-state index in [2.05, 4.69) is 10.3 Å². The summed E-state index contributed by atoms with van der Waals surface area (Å²) in [6, 6.07) is 16.1. The van der Waals surface area contributed by atoms with Crippen molar-refractivity contribution < 1.29 is 4.74 Å². The molecular weight excluding hydrogens is 401 g/mol. The second-order valence-corrected chi connectivity index (χ2v) is 5.48. The van der Waals surface area contributed by atoms with Gasteiger partial charge >= 0.3 is 0 Å². The minimum atomic E-state index is 0. The number of aliphatic imine (C=N–C) groups is 1. The van der Waals surface area contributed by atoms with Crippen molar-refractivity contribution in [3.8, 4) is 11.5 Å². The lowest BCUT2D eigenvalue weighted by Gasteiger charge is -2.12. The van der Waals surface area contributed by atoms with Crippen LogP contribution in [0.5, 0.6) is 11.5 Å². The van der Waals surface area contributed by atoms with Crippen LogP contribution in [-0.4, -0.2) is 12.0 Å². The first kappa shape index (κ1) is 19.3. The summed E-state index contributed by atoms with van der Waals surface area (Å²) in [5.74, 6) is 2.10. The summed E-state index contributed by atoms with van der Waals surface area (Å²) in [7, 11) is 0. The zero-order valence-corrected chi connectivity index (χ0v) is 16.1. The molecule has 0 aromatic heterocycles. The van der Waals surface area contributed by atoms with Gasteiger partial charge in [0, 0.05) is 11.6 Å². The van der Waals surface area contributed by atoms with Gasteiger partial charge in [-0.25, -0.2) is 4.99 Å². The maximum atomic E-state index is 6.02. The molecule has 2 rings (SSSR count). The number of nitrogens with one attached hydrogen (secondary N) is 1. The van der Waals surface area contributed by atoms with E-state index in [-0.39, 0.29) is 30.0 Å². The third-order valence-electron chi connectivity index (χ3n) is 3.14. The molecule has 0 saturated heterocycles. The van der Waals surface area contributed by atoms with Crippen molar-refractivity contribution in [2.75, 3.05) is 0 Å². The molecule has 4 nitrogen and oxygen atoms in total. The number of nitrogens with zero attached hydrogens (tertiary/aromatic N) is 1. The number of para-hydroxylation sites is 2. The molecule has 0 spiro atoms. The van der Waals surface area contributed by atoms with Crippen molar-refractivity contribution in [2.45, 2.75) is 33.4 Å². The van der Waals surface area contributed by atoms with Crippen LogP contribution in [0.2, 0.25) is 0 Å². The average molecular weight is 425 g/mol. The number of ether oxygens (including phenoxy) is 1. The highest BCUT2D eigenvalue weighted by atomic mass is 127. The smallest absolute Gasteiger partial charge is 0.189 e. The molecule has 0 aliphatic carbocycles. The number of nitrogens with two attached hydrogens (primary N) is 1. The SMILES string of the molecule is Cc1ccccc1Oc1ccccc1CN=C(N)NC(C)C.I. The van der Waals surface area contributed by atoms with E-state index in [9.17, 15) is 0 Å². The summed E-state index contributed by atoms with van der Waals surface area (Å²) in [6.07, 6.45) is 0. The first-order valence-corrected chi connectivity index (χ1v) is 7.44. The number of guanidine groups is 1. The Hall–Kier alpha value is -1.76. The predicted octanol–water partition coefficient (Wildman–Crippen LogP) is 4.22. The third kappa shape index (κ3) is 6.09. The van der Waals surface area contributed by atoms with Crippen LogP contribution in [0.4, 0.5) is 0 Å². The van der Waals surface area contributed by atoms with Crippen molar-refractivity contribution >= 4 is 29.9 Å². The van der Waals surface area contributed by atoms with Crippen molar-refractivity contribution in [1.82, 2.24) is 5.32 Å². The van der Waals surface area contributed by atoms with Crippen LogP contribution in [-0.2, 0) is 6.54 Å². The fourth-order valence-electron chi connectivity index (χ4n) is 2.04. The maximum Gasteiger partial charge on any atom is 0.189 e. The van der Waals surface area contributed by atoms with Gasteiger partial charge in [0.05, 0.1) is 6.54 Å². The molecule has 0 bridgehead atoms. The van der Waals surface area contributed by atoms with Gasteiger partial charge < -0.3 is 15.8 Å². The van der Waals surface area contributed by atoms with E-state index in [1.54, 1.807) is 0 Å². The van der Waals surface area contributed by atoms with Gasteiger partial charge in [0.2, 0.25) is 0 Å². The normalized spacial score (nSPS) is 11.0. The number of aryl methyl sites for hydroxylation is 1. The summed E-state index contributed by atoms with van der Waals surface area (Å²) >= 11 is 0. The van der Waals surface area contributed by atoms with Crippen molar-refractivity contribution in [2.24, 2.45) is 10.7 Å². The molecule has 0 unspecified atom stereocenters. The van der Waals surface area contributed by atoms with Crippen LogP contribution in [0.25, 0.3) is 0 Å². The molecule has 0 aliphatic heterocycles. The Bertz CT molecular complexity index is 656. The van der Waals surface area contributed by atoms with Crippen LogP contribution in [0.1, 0.15) is 25.0 Å². The van der Waals surface area contributed by atoms with Crippen molar-refractivity contribution in [3.05, 3.63) is 59.7 Å². The minimum Gasteiger partial charge on any atom is -0.457 e. The predicted molar refractivity (Wildman–Crippen MR) is 107 cm³/mol. The van der Waals surface area contributed by atoms with E-state index < -0.39 is 0 Å². The first-order chi connectivity index (χ1) is 10.6. The monoisotopic (exact) mass is 425 g/mol. The van der Waals surface area contributed by atoms with Crippen molar-refractivity contribution in [3.63, 3.8) is 0 Å². The van der Waals surface area contributed by atoms with Gasteiger partial charge in [-0.1, -0.05) is 36.4 Å². The Morgan fingerprint density at radius 2 is 1.70 bits per heavy atom. The second-order valence-electron chi connectivity index (χ2n) is 5.48. The molecule has 0 saturated carbocycles. The lowest BCUT2D eigenvalue weighted by molar-refractivity contribution is 0.473. The van der Waals surface area contributed by atoms with Gasteiger partial charge in [-0.3, -0.25) is 0 Å². The summed E-state index contributed by atoms with van der Waals surface area (Å²) in [6.45, 7) is 6.56. The van der Waals surface area contributed by atoms with E-state index >= 15 is 0 Å². The summed E-state index contributed by atoms with van der Waals surface area (Å²) < 4.78 is 6.02. The minimum absolute atomic E-state index is 0. The Balaban J connectivity index is 0.00000264. The Labute approximate surface area is 155 Å². The zero-order chi connectivity index (χ0) is 15.9. The molecule has 124 valence electrons. The molecular formula is C18H24IN3O. The summed E-state index contributed by atoms with van der Waals surface area (Å²) in [4.78, 5) is 4.36. The van der Waals surface area contributed by atoms with E-state index in [4.69, 9.17) is 10.5 Å². The third-order valence-corrected chi connectivity index (χ3v) is 3.14. The Morgan fingerprint density at radius 1 is 1.09 bits per heavy atom. The van der Waals surface area contributed by atoms with Gasteiger partial charge in [0.25, 0.3) is 0 Å². The maximum absolute atomic E-state index is 6.02. The van der Waals surface area contributed by atoms with Gasteiger partial charge in [0.15, 0.2) is 5.96 Å². The Morgan fingerprint density at radius 3 is 2.35 bits per heavy atom. The molecule has 0 radical (unpaired) electrons. The van der Waals surface area contributed by atoms with Gasteiger partial charge in [-0.15, -0.1) is 24.0 Å². The molecule has 3 N–H and O–H groups in total. The van der Waals surface area contributed by atoms with Crippen LogP contribution < -0.4 is 15.8 Å². The van der Waals surface area contributed by atoms with E-state index in [1.165, 1.54) is 0 Å². The molecule has 5 heteroatoms.